The molecule has 3 nitrogen and oxygen atoms in total. The molecule has 6 aromatic rings. The number of ether oxygens (including phenoxy) is 2. The molecule has 0 atom stereocenters. The third-order valence-electron chi connectivity index (χ3n) is 7.72. The lowest BCUT2D eigenvalue weighted by molar-refractivity contribution is 0.463. The molecule has 0 spiro atoms. The van der Waals surface area contributed by atoms with Crippen LogP contribution in [-0.2, 0) is 4.57 Å². The molecule has 0 unspecified atom stereocenters. The molecule has 2 heterocycles. The molecule has 8 rings (SSSR count). The maximum absolute atomic E-state index is 15.8. The number of rotatable bonds is 3. The fraction of sp³-hybridized carbons (Fsp3) is 0. The highest BCUT2D eigenvalue weighted by Gasteiger charge is 2.47. The lowest BCUT2D eigenvalue weighted by Crippen LogP contribution is -2.35. The molecular weight excluding hydrogens is 511 g/mol. The number of hydrogen-bond acceptors (Lipinski definition) is 3. The third-order valence-corrected chi connectivity index (χ3v) is 10.9. The van der Waals surface area contributed by atoms with Gasteiger partial charge in [0.25, 0.3) is 0 Å². The summed E-state index contributed by atoms with van der Waals surface area (Å²) in [5, 5.41) is 2.03. The quantitative estimate of drug-likeness (QED) is 0.213. The predicted octanol–water partition coefficient (Wildman–Crippen LogP) is 8.54. The fourth-order valence-corrected chi connectivity index (χ4v) is 8.96. The van der Waals surface area contributed by atoms with E-state index in [-0.39, 0.29) is 0 Å². The van der Waals surface area contributed by atoms with E-state index in [0.29, 0.717) is 38.9 Å². The average molecular weight is 535 g/mol. The van der Waals surface area contributed by atoms with Gasteiger partial charge in [0, 0.05) is 11.1 Å². The zero-order valence-corrected chi connectivity index (χ0v) is 22.3. The van der Waals surface area contributed by atoms with Crippen LogP contribution < -0.4 is 25.4 Å². The molecule has 0 aromatic heterocycles. The minimum absolute atomic E-state index is 0.575. The molecule has 0 amide bonds. The van der Waals surface area contributed by atoms with Gasteiger partial charge in [0.1, 0.15) is 28.3 Å². The summed E-state index contributed by atoms with van der Waals surface area (Å²) in [7, 11) is -3.37. The topological polar surface area (TPSA) is 35.5 Å². The van der Waals surface area contributed by atoms with E-state index in [2.05, 4.69) is 36.4 Å². The Morgan fingerprint density at radius 1 is 0.425 bits per heavy atom. The second-order valence-electron chi connectivity index (χ2n) is 10.0. The highest BCUT2D eigenvalue weighted by atomic mass is 31.2. The van der Waals surface area contributed by atoms with Crippen molar-refractivity contribution < 1.29 is 14.0 Å². The van der Waals surface area contributed by atoms with Crippen LogP contribution in [0, 0.1) is 0 Å². The maximum atomic E-state index is 15.8. The predicted molar refractivity (Wildman–Crippen MR) is 162 cm³/mol. The molecular formula is C36H23O3P. The Kier molecular flexibility index (Phi) is 5.10. The van der Waals surface area contributed by atoms with E-state index in [0.717, 1.165) is 33.4 Å². The first-order chi connectivity index (χ1) is 19.7. The smallest absolute Gasteiger partial charge is 0.185 e. The highest BCUT2D eigenvalue weighted by molar-refractivity contribution is 7.86. The maximum Gasteiger partial charge on any atom is 0.185 e. The second kappa shape index (κ2) is 8.84. The fourth-order valence-electron chi connectivity index (χ4n) is 5.89. The first kappa shape index (κ1) is 23.1. The van der Waals surface area contributed by atoms with Crippen molar-refractivity contribution in [3.63, 3.8) is 0 Å². The molecule has 40 heavy (non-hydrogen) atoms. The standard InChI is InChI=1S/C36H23O3P/c37-40-32-20-10-18-28(25-14-6-2-7-15-25)34(32)38-30-22-27(24-12-4-1-5-13-24)23-31(36(30)40)39-35-29(19-11-21-33(35)40)26-16-8-3-9-17-26/h1-23H. The lowest BCUT2D eigenvalue weighted by atomic mass is 10.0. The van der Waals surface area contributed by atoms with Crippen molar-refractivity contribution in [3.8, 4) is 56.4 Å². The Morgan fingerprint density at radius 3 is 1.30 bits per heavy atom. The molecule has 2 aliphatic heterocycles. The molecule has 0 bridgehead atoms. The van der Waals surface area contributed by atoms with E-state index in [9.17, 15) is 0 Å². The summed E-state index contributed by atoms with van der Waals surface area (Å²) in [6.07, 6.45) is 0. The van der Waals surface area contributed by atoms with E-state index in [1.807, 2.05) is 103 Å². The van der Waals surface area contributed by atoms with Crippen LogP contribution in [-0.4, -0.2) is 0 Å². The zero-order valence-electron chi connectivity index (χ0n) is 21.5. The number of para-hydroxylation sites is 2. The Bertz CT molecular complexity index is 1850. The summed E-state index contributed by atoms with van der Waals surface area (Å²) < 4.78 is 29.2. The first-order valence-electron chi connectivity index (χ1n) is 13.3. The van der Waals surface area contributed by atoms with Gasteiger partial charge in [-0.25, -0.2) is 0 Å². The van der Waals surface area contributed by atoms with Crippen LogP contribution in [0.3, 0.4) is 0 Å². The Morgan fingerprint density at radius 2 is 0.850 bits per heavy atom. The van der Waals surface area contributed by atoms with Crippen molar-refractivity contribution in [2.45, 2.75) is 0 Å². The average Bonchev–Trinajstić information content (AvgIpc) is 3.02. The van der Waals surface area contributed by atoms with Crippen molar-refractivity contribution in [2.24, 2.45) is 0 Å². The zero-order chi connectivity index (χ0) is 26.7. The summed E-state index contributed by atoms with van der Waals surface area (Å²) in [5.74, 6) is 2.43. The van der Waals surface area contributed by atoms with Gasteiger partial charge < -0.3 is 14.0 Å². The number of benzene rings is 6. The van der Waals surface area contributed by atoms with Crippen LogP contribution in [0.1, 0.15) is 0 Å². The molecule has 0 N–H and O–H groups in total. The van der Waals surface area contributed by atoms with Gasteiger partial charge in [-0.1, -0.05) is 115 Å². The van der Waals surface area contributed by atoms with Gasteiger partial charge in [0.15, 0.2) is 7.14 Å². The van der Waals surface area contributed by atoms with Gasteiger partial charge >= 0.3 is 0 Å². The summed E-state index contributed by atoms with van der Waals surface area (Å²) in [6, 6.07) is 46.3. The SMILES string of the molecule is O=P12c3cccc(-c4ccccc4)c3Oc3cc(-c4ccccc4)cc(c31)Oc1c(-c3ccccc3)cccc12. The minimum atomic E-state index is -3.37. The molecule has 190 valence electrons. The first-order valence-corrected chi connectivity index (χ1v) is 15.0. The molecule has 0 saturated carbocycles. The summed E-state index contributed by atoms with van der Waals surface area (Å²) >= 11 is 0. The van der Waals surface area contributed by atoms with Crippen molar-refractivity contribution in [1.29, 1.82) is 0 Å². The third kappa shape index (κ3) is 3.35. The summed E-state index contributed by atoms with van der Waals surface area (Å²) in [6.45, 7) is 0. The second-order valence-corrected chi connectivity index (χ2v) is 12.7. The van der Waals surface area contributed by atoms with E-state index in [4.69, 9.17) is 9.47 Å². The number of hydrogen-bond donors (Lipinski definition) is 0. The van der Waals surface area contributed by atoms with Gasteiger partial charge in [-0.05, 0) is 46.5 Å². The van der Waals surface area contributed by atoms with Crippen LogP contribution in [0.25, 0.3) is 33.4 Å². The monoisotopic (exact) mass is 534 g/mol. The number of fused-ring (bicyclic) bond motifs is 4. The molecule has 0 saturated heterocycles. The van der Waals surface area contributed by atoms with Crippen LogP contribution in [0.2, 0.25) is 0 Å². The molecule has 4 heteroatoms. The van der Waals surface area contributed by atoms with Gasteiger partial charge in [-0.15, -0.1) is 0 Å². The van der Waals surface area contributed by atoms with Gasteiger partial charge in [0.2, 0.25) is 0 Å². The van der Waals surface area contributed by atoms with Crippen molar-refractivity contribution in [3.05, 3.63) is 140 Å². The molecule has 0 radical (unpaired) electrons. The molecule has 2 aliphatic rings. The lowest BCUT2D eigenvalue weighted by Gasteiger charge is -2.36. The van der Waals surface area contributed by atoms with E-state index >= 15 is 4.57 Å². The molecule has 6 aromatic carbocycles. The summed E-state index contributed by atoms with van der Waals surface area (Å²) in [5.41, 5.74) is 5.84. The molecule has 0 fully saturated rings. The summed E-state index contributed by atoms with van der Waals surface area (Å²) in [4.78, 5) is 0. The van der Waals surface area contributed by atoms with E-state index < -0.39 is 7.14 Å². The van der Waals surface area contributed by atoms with Crippen molar-refractivity contribution in [1.82, 2.24) is 0 Å². The van der Waals surface area contributed by atoms with E-state index in [1.54, 1.807) is 0 Å². The van der Waals surface area contributed by atoms with Gasteiger partial charge in [0.05, 0.1) is 10.6 Å². The van der Waals surface area contributed by atoms with Crippen LogP contribution in [0.4, 0.5) is 0 Å². The highest BCUT2D eigenvalue weighted by Crippen LogP contribution is 2.61. The van der Waals surface area contributed by atoms with Gasteiger partial charge in [-0.3, -0.25) is 0 Å². The Balaban J connectivity index is 1.46. The Hall–Kier alpha value is -4.85. The van der Waals surface area contributed by atoms with Crippen LogP contribution in [0.15, 0.2) is 140 Å². The minimum Gasteiger partial charge on any atom is -0.455 e. The normalized spacial score (nSPS) is 13.7. The largest absolute Gasteiger partial charge is 0.455 e. The van der Waals surface area contributed by atoms with Crippen LogP contribution in [0.5, 0.6) is 23.0 Å². The van der Waals surface area contributed by atoms with Crippen molar-refractivity contribution >= 4 is 23.1 Å². The molecule has 0 aliphatic carbocycles. The van der Waals surface area contributed by atoms with Gasteiger partial charge in [-0.2, -0.15) is 0 Å². The van der Waals surface area contributed by atoms with Crippen LogP contribution >= 0.6 is 7.14 Å². The van der Waals surface area contributed by atoms with Crippen molar-refractivity contribution in [2.75, 3.05) is 0 Å². The van der Waals surface area contributed by atoms with E-state index in [1.165, 1.54) is 0 Å². The Labute approximate surface area is 232 Å².